The molecule has 2 heterocycles. The lowest BCUT2D eigenvalue weighted by molar-refractivity contribution is 0.449. The molecule has 0 spiro atoms. The number of rotatable bonds is 4. The number of benzene rings is 1. The Bertz CT molecular complexity index is 505. The Morgan fingerprint density at radius 3 is 2.70 bits per heavy atom. The van der Waals surface area contributed by atoms with E-state index in [2.05, 4.69) is 58.7 Å². The second-order valence-corrected chi connectivity index (χ2v) is 6.71. The summed E-state index contributed by atoms with van der Waals surface area (Å²) in [7, 11) is 0. The lowest BCUT2D eigenvalue weighted by atomic mass is 9.87. The second kappa shape index (κ2) is 6.04. The lowest BCUT2D eigenvalue weighted by Gasteiger charge is -2.25. The van der Waals surface area contributed by atoms with Gasteiger partial charge in [0, 0.05) is 23.1 Å². The zero-order chi connectivity index (χ0) is 14.0. The van der Waals surface area contributed by atoms with Crippen LogP contribution in [0, 0.1) is 0 Å². The van der Waals surface area contributed by atoms with Gasteiger partial charge >= 0.3 is 0 Å². The summed E-state index contributed by atoms with van der Waals surface area (Å²) in [5, 5.41) is 0. The van der Waals surface area contributed by atoms with Crippen LogP contribution in [0.4, 0.5) is 0 Å². The Balaban J connectivity index is 2.01. The molecule has 1 aromatic carbocycles. The van der Waals surface area contributed by atoms with E-state index in [9.17, 15) is 0 Å². The number of aliphatic imine (C=N–C) groups is 1. The van der Waals surface area contributed by atoms with Crippen molar-refractivity contribution in [1.82, 2.24) is 4.90 Å². The van der Waals surface area contributed by atoms with Gasteiger partial charge in [-0.25, -0.2) is 0 Å². The van der Waals surface area contributed by atoms with Crippen LogP contribution >= 0.6 is 22.6 Å². The highest BCUT2D eigenvalue weighted by Crippen LogP contribution is 2.42. The molecule has 1 unspecified atom stereocenters. The number of amidine groups is 1. The lowest BCUT2D eigenvalue weighted by Crippen LogP contribution is -2.28. The average Bonchev–Trinajstić information content (AvgIpc) is 3.12. The van der Waals surface area contributed by atoms with Crippen LogP contribution in [0.3, 0.4) is 0 Å². The van der Waals surface area contributed by atoms with Crippen molar-refractivity contribution in [2.45, 2.75) is 44.6 Å². The molecule has 20 heavy (non-hydrogen) atoms. The Labute approximate surface area is 135 Å². The molecule has 0 saturated carbocycles. The average molecular weight is 382 g/mol. The molecule has 0 aliphatic carbocycles. The van der Waals surface area contributed by atoms with Gasteiger partial charge in [-0.15, -0.1) is 0 Å². The van der Waals surface area contributed by atoms with Gasteiger partial charge in [0.15, 0.2) is 0 Å². The Morgan fingerprint density at radius 1 is 1.25 bits per heavy atom. The molecule has 3 rings (SSSR count). The predicted molar refractivity (Wildman–Crippen MR) is 93.9 cm³/mol. The number of unbranched alkanes of at least 4 members (excludes halogenated alkanes) is 1. The number of fused-ring (bicyclic) bond motifs is 1. The Kier molecular flexibility index (Phi) is 4.34. The van der Waals surface area contributed by atoms with Crippen molar-refractivity contribution >= 4 is 28.4 Å². The van der Waals surface area contributed by atoms with E-state index in [0.717, 1.165) is 4.43 Å². The fourth-order valence-electron chi connectivity index (χ4n) is 3.41. The molecule has 0 radical (unpaired) electrons. The van der Waals surface area contributed by atoms with Crippen LogP contribution in [0.2, 0.25) is 0 Å². The highest BCUT2D eigenvalue weighted by atomic mass is 127. The minimum absolute atomic E-state index is 0.0328. The van der Waals surface area contributed by atoms with Crippen molar-refractivity contribution in [2.75, 3.05) is 17.5 Å². The Morgan fingerprint density at radius 2 is 2.00 bits per heavy atom. The first-order valence-corrected chi connectivity index (χ1v) is 9.34. The molecular weight excluding hydrogens is 359 g/mol. The molecule has 0 aromatic heterocycles. The molecule has 2 nitrogen and oxygen atoms in total. The topological polar surface area (TPSA) is 15.6 Å². The highest BCUT2D eigenvalue weighted by Gasteiger charge is 2.40. The van der Waals surface area contributed by atoms with Crippen LogP contribution in [0.1, 0.15) is 50.2 Å². The van der Waals surface area contributed by atoms with E-state index in [-0.39, 0.29) is 5.54 Å². The summed E-state index contributed by atoms with van der Waals surface area (Å²) in [6.07, 6.45) is 6.31. The van der Waals surface area contributed by atoms with E-state index in [0.29, 0.717) is 0 Å². The summed E-state index contributed by atoms with van der Waals surface area (Å²) in [4.78, 5) is 7.76. The van der Waals surface area contributed by atoms with Crippen LogP contribution in [0.25, 0.3) is 0 Å². The number of alkyl halides is 1. The number of hydrogen-bond donors (Lipinski definition) is 0. The maximum atomic E-state index is 5.26. The van der Waals surface area contributed by atoms with Crippen molar-refractivity contribution < 1.29 is 0 Å². The molecule has 0 bridgehead atoms. The largest absolute Gasteiger partial charge is 0.356 e. The highest BCUT2D eigenvalue weighted by molar-refractivity contribution is 14.1. The first kappa shape index (κ1) is 14.4. The van der Waals surface area contributed by atoms with Crippen molar-refractivity contribution in [3.63, 3.8) is 0 Å². The summed E-state index contributed by atoms with van der Waals surface area (Å²) in [5.74, 6) is 1.27. The normalized spacial score (nSPS) is 24.9. The van der Waals surface area contributed by atoms with E-state index in [1.54, 1.807) is 0 Å². The molecule has 3 heteroatoms. The molecule has 1 aromatic rings. The third kappa shape index (κ3) is 2.38. The van der Waals surface area contributed by atoms with E-state index in [4.69, 9.17) is 4.99 Å². The fraction of sp³-hybridized carbons (Fsp3) is 0.588. The zero-order valence-electron chi connectivity index (χ0n) is 12.2. The summed E-state index contributed by atoms with van der Waals surface area (Å²) >= 11 is 2.53. The van der Waals surface area contributed by atoms with Gasteiger partial charge < -0.3 is 4.90 Å². The SMILES string of the molecule is CCCCC1(CI)N=C(N2CCCC2)c2ccccc21. The van der Waals surface area contributed by atoms with Crippen LogP contribution in [0.5, 0.6) is 0 Å². The minimum Gasteiger partial charge on any atom is -0.356 e. The molecule has 2 aliphatic heterocycles. The predicted octanol–water partition coefficient (Wildman–Crippen LogP) is 4.36. The van der Waals surface area contributed by atoms with Gasteiger partial charge in [0.25, 0.3) is 0 Å². The number of nitrogens with zero attached hydrogens (tertiary/aromatic N) is 2. The third-order valence-electron chi connectivity index (χ3n) is 4.56. The smallest absolute Gasteiger partial charge is 0.132 e. The first-order chi connectivity index (χ1) is 9.80. The molecular formula is C17H23IN2. The second-order valence-electron chi connectivity index (χ2n) is 5.94. The molecule has 108 valence electrons. The monoisotopic (exact) mass is 382 g/mol. The van der Waals surface area contributed by atoms with E-state index in [1.165, 1.54) is 62.2 Å². The van der Waals surface area contributed by atoms with Crippen molar-refractivity contribution in [1.29, 1.82) is 0 Å². The minimum atomic E-state index is 0.0328. The summed E-state index contributed by atoms with van der Waals surface area (Å²) in [6, 6.07) is 8.91. The van der Waals surface area contributed by atoms with Crippen LogP contribution < -0.4 is 0 Å². The molecule has 0 N–H and O–H groups in total. The van der Waals surface area contributed by atoms with E-state index < -0.39 is 0 Å². The van der Waals surface area contributed by atoms with Gasteiger partial charge in [-0.1, -0.05) is 66.6 Å². The van der Waals surface area contributed by atoms with Gasteiger partial charge in [-0.2, -0.15) is 0 Å². The quantitative estimate of drug-likeness (QED) is 0.558. The molecule has 1 saturated heterocycles. The Hall–Kier alpha value is -0.580. The van der Waals surface area contributed by atoms with Crippen molar-refractivity contribution in [2.24, 2.45) is 4.99 Å². The van der Waals surface area contributed by atoms with Crippen LogP contribution in [0.15, 0.2) is 29.3 Å². The number of halogens is 1. The number of hydrogen-bond acceptors (Lipinski definition) is 2. The first-order valence-electron chi connectivity index (χ1n) is 7.81. The zero-order valence-corrected chi connectivity index (χ0v) is 14.4. The molecule has 0 amide bonds. The van der Waals surface area contributed by atoms with Gasteiger partial charge in [0.2, 0.25) is 0 Å². The van der Waals surface area contributed by atoms with Crippen LogP contribution in [-0.4, -0.2) is 28.3 Å². The van der Waals surface area contributed by atoms with E-state index >= 15 is 0 Å². The maximum absolute atomic E-state index is 5.26. The fourth-order valence-corrected chi connectivity index (χ4v) is 4.37. The van der Waals surface area contributed by atoms with Gasteiger partial charge in [0.1, 0.15) is 5.84 Å². The van der Waals surface area contributed by atoms with E-state index in [1.807, 2.05) is 0 Å². The summed E-state index contributed by atoms with van der Waals surface area (Å²) in [5.41, 5.74) is 2.89. The molecule has 1 atom stereocenters. The van der Waals surface area contributed by atoms with Gasteiger partial charge in [-0.3, -0.25) is 4.99 Å². The summed E-state index contributed by atoms with van der Waals surface area (Å²) in [6.45, 7) is 4.63. The van der Waals surface area contributed by atoms with Crippen molar-refractivity contribution in [3.8, 4) is 0 Å². The molecule has 2 aliphatic rings. The van der Waals surface area contributed by atoms with Crippen molar-refractivity contribution in [3.05, 3.63) is 35.4 Å². The van der Waals surface area contributed by atoms with Crippen LogP contribution in [-0.2, 0) is 5.54 Å². The van der Waals surface area contributed by atoms with Gasteiger partial charge in [0.05, 0.1) is 5.54 Å². The molecule has 1 fully saturated rings. The maximum Gasteiger partial charge on any atom is 0.132 e. The van der Waals surface area contributed by atoms with Gasteiger partial charge in [-0.05, 0) is 24.8 Å². The summed E-state index contributed by atoms with van der Waals surface area (Å²) < 4.78 is 1.08. The third-order valence-corrected chi connectivity index (χ3v) is 5.82. The standard InChI is InChI=1S/C17H23IN2/c1-2-3-10-17(13-18)15-9-5-4-8-14(15)16(19-17)20-11-6-7-12-20/h4-5,8-9H,2-3,6-7,10-13H2,1H3. The number of likely N-dealkylation sites (tertiary alicyclic amines) is 1.